The summed E-state index contributed by atoms with van der Waals surface area (Å²) in [5, 5.41) is 24.4. The number of fused-ring (bicyclic) bond motifs is 1. The number of hydrogen-bond donors (Lipinski definition) is 2. The monoisotopic (exact) mass is 847 g/mol. The molecule has 0 aliphatic rings. The summed E-state index contributed by atoms with van der Waals surface area (Å²) in [6, 6.07) is 38.5. The van der Waals surface area contributed by atoms with Crippen molar-refractivity contribution in [3.63, 3.8) is 0 Å². The minimum atomic E-state index is 0. The van der Waals surface area contributed by atoms with Crippen LogP contribution in [0.2, 0.25) is 0 Å². The first kappa shape index (κ1) is 35.5. The van der Waals surface area contributed by atoms with Gasteiger partial charge in [-0.05, 0) is 145 Å². The number of rotatable bonds is 6. The summed E-state index contributed by atoms with van der Waals surface area (Å²) in [4.78, 5) is 9.84. The van der Waals surface area contributed by atoms with Gasteiger partial charge in [-0.1, -0.05) is 83.9 Å². The molecule has 1 heterocycles. The second-order valence-corrected chi connectivity index (χ2v) is 13.4. The van der Waals surface area contributed by atoms with Crippen LogP contribution in [-0.4, -0.2) is 21.4 Å². The van der Waals surface area contributed by atoms with Crippen molar-refractivity contribution in [3.8, 4) is 56.1 Å². The van der Waals surface area contributed by atoms with Gasteiger partial charge in [-0.15, -0.1) is 0 Å². The van der Waals surface area contributed by atoms with Crippen molar-refractivity contribution in [1.82, 2.24) is 4.98 Å². The maximum atomic E-state index is 11.4. The van der Waals surface area contributed by atoms with Crippen molar-refractivity contribution in [3.05, 3.63) is 154 Å². The molecule has 7 rings (SSSR count). The van der Waals surface area contributed by atoms with Gasteiger partial charge in [-0.25, -0.2) is 4.98 Å². The quantitative estimate of drug-likeness (QED) is 0.164. The molecule has 256 valence electrons. The standard InChI is InChI=1S/C46H40N2O2.Pt/c1-27-17-29(3)44(30(4)18-27)35-15-16-39(42(49)24-35)41-23-36(33-11-8-7-9-12-33)22-38(48-41)26-47-40-14-10-13-34-21-37(25-43(50)46(34)40)45-31(5)19-28(2)20-32(45)6;/h7-26,49-50H,1-6H3;. The molecule has 0 saturated carbocycles. The third-order valence-electron chi connectivity index (χ3n) is 9.43. The first-order valence-electron chi connectivity index (χ1n) is 16.9. The molecule has 0 unspecified atom stereocenters. The van der Waals surface area contributed by atoms with E-state index < -0.39 is 0 Å². The second kappa shape index (κ2) is 14.5. The molecule has 0 aliphatic heterocycles. The van der Waals surface area contributed by atoms with Gasteiger partial charge in [0.2, 0.25) is 0 Å². The maximum Gasteiger partial charge on any atom is 0.126 e. The summed E-state index contributed by atoms with van der Waals surface area (Å²) in [5.41, 5.74) is 15.9. The number of aryl methyl sites for hydroxylation is 6. The van der Waals surface area contributed by atoms with E-state index in [1.54, 1.807) is 6.21 Å². The fourth-order valence-electron chi connectivity index (χ4n) is 7.50. The van der Waals surface area contributed by atoms with Gasteiger partial charge < -0.3 is 10.2 Å². The zero-order chi connectivity index (χ0) is 35.1. The van der Waals surface area contributed by atoms with Crippen molar-refractivity contribution in [1.29, 1.82) is 0 Å². The van der Waals surface area contributed by atoms with Crippen molar-refractivity contribution in [2.75, 3.05) is 0 Å². The molecule has 4 nitrogen and oxygen atoms in total. The molecule has 51 heavy (non-hydrogen) atoms. The number of phenolic OH excluding ortho intramolecular Hbond substituents is 2. The largest absolute Gasteiger partial charge is 0.507 e. The molecule has 1 aromatic heterocycles. The van der Waals surface area contributed by atoms with E-state index >= 15 is 0 Å². The predicted octanol–water partition coefficient (Wildman–Crippen LogP) is 11.9. The van der Waals surface area contributed by atoms with E-state index in [1.807, 2.05) is 66.7 Å². The Bertz CT molecular complexity index is 2420. The normalized spacial score (nSPS) is 11.3. The van der Waals surface area contributed by atoms with Gasteiger partial charge in [-0.3, -0.25) is 4.99 Å². The van der Waals surface area contributed by atoms with Crippen molar-refractivity contribution in [2.45, 2.75) is 41.5 Å². The number of phenols is 2. The van der Waals surface area contributed by atoms with Crippen LogP contribution in [0.5, 0.6) is 11.5 Å². The van der Waals surface area contributed by atoms with E-state index in [-0.39, 0.29) is 32.6 Å². The number of hydrogen-bond acceptors (Lipinski definition) is 4. The van der Waals surface area contributed by atoms with E-state index in [2.05, 4.69) is 90.1 Å². The van der Waals surface area contributed by atoms with Crippen molar-refractivity contribution < 1.29 is 31.3 Å². The summed E-state index contributed by atoms with van der Waals surface area (Å²) in [6.07, 6.45) is 1.73. The van der Waals surface area contributed by atoms with Gasteiger partial charge in [0.15, 0.2) is 0 Å². The Morgan fingerprint density at radius 2 is 1.14 bits per heavy atom. The molecule has 5 heteroatoms. The summed E-state index contributed by atoms with van der Waals surface area (Å²) in [5.74, 6) is 0.344. The van der Waals surface area contributed by atoms with Crippen LogP contribution in [0.4, 0.5) is 5.69 Å². The number of aromatic nitrogens is 1. The first-order valence-corrected chi connectivity index (χ1v) is 16.9. The van der Waals surface area contributed by atoms with E-state index in [4.69, 9.17) is 9.98 Å². The van der Waals surface area contributed by atoms with Gasteiger partial charge >= 0.3 is 0 Å². The average Bonchev–Trinajstić information content (AvgIpc) is 3.06. The van der Waals surface area contributed by atoms with Crippen LogP contribution in [-0.2, 0) is 21.1 Å². The van der Waals surface area contributed by atoms with Gasteiger partial charge in [0, 0.05) is 32.0 Å². The summed E-state index contributed by atoms with van der Waals surface area (Å²) < 4.78 is 0. The molecule has 0 spiro atoms. The van der Waals surface area contributed by atoms with E-state index in [1.165, 1.54) is 33.4 Å². The number of nitrogens with zero attached hydrogens (tertiary/aromatic N) is 2. The Kier molecular flexibility index (Phi) is 10.1. The topological polar surface area (TPSA) is 65.7 Å². The maximum absolute atomic E-state index is 11.4. The molecule has 6 aromatic carbocycles. The van der Waals surface area contributed by atoms with Gasteiger partial charge in [0.05, 0.1) is 23.3 Å². The molecule has 0 aliphatic carbocycles. The van der Waals surface area contributed by atoms with Crippen LogP contribution in [0.1, 0.15) is 39.1 Å². The van der Waals surface area contributed by atoms with Gasteiger partial charge in [0.1, 0.15) is 11.5 Å². The smallest absolute Gasteiger partial charge is 0.126 e. The number of benzene rings is 6. The van der Waals surface area contributed by atoms with E-state index in [0.29, 0.717) is 28.0 Å². The van der Waals surface area contributed by atoms with Gasteiger partial charge in [-0.2, -0.15) is 0 Å². The Labute approximate surface area is 314 Å². The molecule has 0 fully saturated rings. The fraction of sp³-hybridized carbons (Fsp3) is 0.130. The molecule has 0 bridgehead atoms. The Morgan fingerprint density at radius 3 is 1.76 bits per heavy atom. The third kappa shape index (κ3) is 7.15. The Morgan fingerprint density at radius 1 is 0.529 bits per heavy atom. The molecule has 0 saturated heterocycles. The van der Waals surface area contributed by atoms with Crippen LogP contribution in [0.3, 0.4) is 0 Å². The molecule has 0 amide bonds. The van der Waals surface area contributed by atoms with Crippen LogP contribution < -0.4 is 0 Å². The summed E-state index contributed by atoms with van der Waals surface area (Å²) in [7, 11) is 0. The number of aliphatic imine (C=N–C) groups is 1. The fourth-order valence-corrected chi connectivity index (χ4v) is 7.50. The predicted molar refractivity (Wildman–Crippen MR) is 209 cm³/mol. The van der Waals surface area contributed by atoms with Crippen LogP contribution >= 0.6 is 0 Å². The van der Waals surface area contributed by atoms with Crippen molar-refractivity contribution in [2.24, 2.45) is 4.99 Å². The van der Waals surface area contributed by atoms with Crippen LogP contribution in [0, 0.1) is 41.5 Å². The molecule has 7 aromatic rings. The summed E-state index contributed by atoms with van der Waals surface area (Å²) >= 11 is 0. The summed E-state index contributed by atoms with van der Waals surface area (Å²) in [6.45, 7) is 12.6. The van der Waals surface area contributed by atoms with Gasteiger partial charge in [0.25, 0.3) is 0 Å². The van der Waals surface area contributed by atoms with Crippen molar-refractivity contribution >= 4 is 22.7 Å². The number of pyridine rings is 1. The number of aromatic hydroxyl groups is 2. The average molecular weight is 848 g/mol. The van der Waals surface area contributed by atoms with E-state index in [0.717, 1.165) is 38.8 Å². The Balaban J connectivity index is 0.00000448. The zero-order valence-electron chi connectivity index (χ0n) is 29.7. The third-order valence-corrected chi connectivity index (χ3v) is 9.43. The Hall–Kier alpha value is -5.31. The van der Waals surface area contributed by atoms with Crippen LogP contribution in [0.25, 0.3) is 55.4 Å². The second-order valence-electron chi connectivity index (χ2n) is 13.4. The van der Waals surface area contributed by atoms with E-state index in [9.17, 15) is 10.2 Å². The molecule has 0 radical (unpaired) electrons. The first-order chi connectivity index (χ1) is 24.0. The molecular weight excluding hydrogens is 808 g/mol. The minimum absolute atomic E-state index is 0. The minimum Gasteiger partial charge on any atom is -0.507 e. The molecular formula is C46H40N2O2Pt. The molecule has 2 N–H and O–H groups in total. The SMILES string of the molecule is Cc1cc(C)c(-c2ccc(-c3cc(-c4ccccc4)cc(C=Nc4cccc5cc(-c6c(C)cc(C)cc6C)cc(O)c45)n3)c(O)c2)c(C)c1.[Pt]. The molecule has 0 atom stereocenters. The zero-order valence-corrected chi connectivity index (χ0v) is 31.9. The van der Waals surface area contributed by atoms with Crippen LogP contribution in [0.15, 0.2) is 120 Å².